The number of aromatic hydroxyl groups is 1. The minimum Gasteiger partial charge on any atom is -0.872 e. The van der Waals surface area contributed by atoms with E-state index in [0.717, 1.165) is 72.3 Å². The Hall–Kier alpha value is -4.47. The molecular weight excluding hydrogens is 512 g/mol. The van der Waals surface area contributed by atoms with Crippen LogP contribution >= 0.6 is 0 Å². The van der Waals surface area contributed by atoms with E-state index < -0.39 is 17.8 Å². The number of aliphatic hydroxyl groups is 1. The van der Waals surface area contributed by atoms with Crippen molar-refractivity contribution in [2.45, 2.75) is 6.10 Å². The van der Waals surface area contributed by atoms with Crippen LogP contribution in [0.3, 0.4) is 0 Å². The Bertz CT molecular complexity index is 1410. The van der Waals surface area contributed by atoms with Crippen molar-refractivity contribution in [3.05, 3.63) is 90.5 Å². The number of phenols is 1. The molecule has 1 aliphatic heterocycles. The van der Waals surface area contributed by atoms with Gasteiger partial charge < -0.3 is 39.7 Å². The van der Waals surface area contributed by atoms with Gasteiger partial charge in [0.15, 0.2) is 0 Å². The number of benzene rings is 4. The number of carboxylic acid groups (broad SMARTS) is 1. The van der Waals surface area contributed by atoms with Crippen LogP contribution in [0.4, 0.5) is 5.69 Å². The zero-order valence-corrected chi connectivity index (χ0v) is 22.3. The summed E-state index contributed by atoms with van der Waals surface area (Å²) in [4.78, 5) is 14.0. The van der Waals surface area contributed by atoms with Crippen LogP contribution in [0.1, 0.15) is 10.4 Å². The Morgan fingerprint density at radius 1 is 0.975 bits per heavy atom. The second-order valence-electron chi connectivity index (χ2n) is 9.54. The first-order valence-electron chi connectivity index (χ1n) is 13.1. The van der Waals surface area contributed by atoms with Gasteiger partial charge in [-0.05, 0) is 41.8 Å². The van der Waals surface area contributed by atoms with E-state index in [1.807, 2.05) is 42.5 Å². The molecule has 0 radical (unpaired) electrons. The molecule has 1 aliphatic rings. The molecule has 0 unspecified atom stereocenters. The van der Waals surface area contributed by atoms with Crippen LogP contribution in [0.15, 0.2) is 84.9 Å². The molecule has 1 heterocycles. The molecule has 9 heteroatoms. The third kappa shape index (κ3) is 7.34. The van der Waals surface area contributed by atoms with Crippen molar-refractivity contribution >= 4 is 22.4 Å². The van der Waals surface area contributed by atoms with Crippen molar-refractivity contribution in [3.63, 3.8) is 0 Å². The monoisotopic (exact) mass is 546 g/mol. The number of hydrogen-bond donors (Lipinski definition) is 4. The Morgan fingerprint density at radius 3 is 2.38 bits per heavy atom. The number of phenolic OH excluding ortho intramolecular Hbond substituents is 1. The molecule has 4 N–H and O–H groups in total. The third-order valence-electron chi connectivity index (χ3n) is 6.80. The number of rotatable bonds is 8. The fourth-order valence-corrected chi connectivity index (χ4v) is 4.75. The molecule has 0 saturated carbocycles. The number of aliphatic hydroxyl groups excluding tert-OH is 1. The smallest absolute Gasteiger partial charge is 0.335 e. The Balaban J connectivity index is 0.000000283. The molecule has 0 aliphatic carbocycles. The molecule has 5 rings (SSSR count). The highest BCUT2D eigenvalue weighted by Gasteiger charge is 2.24. The second kappa shape index (κ2) is 13.5. The van der Waals surface area contributed by atoms with Gasteiger partial charge in [0.1, 0.15) is 36.5 Å². The van der Waals surface area contributed by atoms with Gasteiger partial charge >= 0.3 is 5.97 Å². The van der Waals surface area contributed by atoms with Crippen LogP contribution in [0.5, 0.6) is 23.0 Å². The largest absolute Gasteiger partial charge is 0.872 e. The lowest BCUT2D eigenvalue weighted by Crippen LogP contribution is -3.16. The van der Waals surface area contributed by atoms with Crippen molar-refractivity contribution in [2.75, 3.05) is 51.3 Å². The van der Waals surface area contributed by atoms with Crippen molar-refractivity contribution < 1.29 is 39.6 Å². The van der Waals surface area contributed by atoms with Gasteiger partial charge in [-0.1, -0.05) is 54.3 Å². The number of piperazine rings is 1. The number of carboxylic acids is 1. The highest BCUT2D eigenvalue weighted by Crippen LogP contribution is 2.27. The van der Waals surface area contributed by atoms with Crippen LogP contribution in [0, 0.1) is 0 Å². The Labute approximate surface area is 233 Å². The Morgan fingerprint density at radius 2 is 1.65 bits per heavy atom. The fraction of sp³-hybridized carbons (Fsp3) is 0.258. The molecule has 40 heavy (non-hydrogen) atoms. The van der Waals surface area contributed by atoms with E-state index in [2.05, 4.69) is 29.2 Å². The van der Waals surface area contributed by atoms with Gasteiger partial charge in [0.25, 0.3) is 0 Å². The summed E-state index contributed by atoms with van der Waals surface area (Å²) in [6.07, 6.45) is -0.484. The number of hydrogen-bond acceptors (Lipinski definition) is 7. The first-order chi connectivity index (χ1) is 19.4. The molecule has 0 spiro atoms. The van der Waals surface area contributed by atoms with Crippen LogP contribution < -0.4 is 24.4 Å². The second-order valence-corrected chi connectivity index (χ2v) is 9.54. The predicted octanol–water partition coefficient (Wildman–Crippen LogP) is 2.16. The first-order valence-corrected chi connectivity index (χ1v) is 13.1. The molecular formula is C31H34N2O7. The van der Waals surface area contributed by atoms with Crippen LogP contribution in [0.25, 0.3) is 10.8 Å². The number of ether oxygens (including phenoxy) is 2. The van der Waals surface area contributed by atoms with Gasteiger partial charge in [0.05, 0.1) is 44.5 Å². The van der Waals surface area contributed by atoms with Gasteiger partial charge in [-0.15, -0.1) is 0 Å². The maximum absolute atomic E-state index is 10.7. The standard InChI is InChI=1S/C24H28N2O3.C7H6O4/c1-28-24-11-5-4-10-22(24)26-15-13-25(14-16-26)17-20(27)18-29-23-12-6-8-19-7-2-3-9-21(19)23;8-4-1-2-5(7(10)11)6(9)3-4/h2-12,20,27H,13-18H2,1H3;1-3,8-9H,(H,10,11)/t20-;/m1./s1. The summed E-state index contributed by atoms with van der Waals surface area (Å²) in [5.74, 6) is -0.440. The number of aromatic carboxylic acids is 1. The molecule has 4 aromatic rings. The zero-order valence-electron chi connectivity index (χ0n) is 22.3. The topological polar surface area (TPSA) is 127 Å². The van der Waals surface area contributed by atoms with Crippen molar-refractivity contribution in [3.8, 4) is 23.0 Å². The number of para-hydroxylation sites is 2. The minimum absolute atomic E-state index is 0.222. The van der Waals surface area contributed by atoms with Crippen LogP contribution in [-0.4, -0.2) is 73.8 Å². The number of carbonyl (C=O) groups is 1. The van der Waals surface area contributed by atoms with E-state index in [4.69, 9.17) is 19.7 Å². The van der Waals surface area contributed by atoms with E-state index >= 15 is 0 Å². The molecule has 1 fully saturated rings. The van der Waals surface area contributed by atoms with Crippen LogP contribution in [0.2, 0.25) is 0 Å². The van der Waals surface area contributed by atoms with Gasteiger partial charge in [0.2, 0.25) is 0 Å². The van der Waals surface area contributed by atoms with Gasteiger partial charge in [-0.3, -0.25) is 0 Å². The quantitative estimate of drug-likeness (QED) is 0.265. The molecule has 0 bridgehead atoms. The zero-order chi connectivity index (χ0) is 28.5. The highest BCUT2D eigenvalue weighted by molar-refractivity contribution is 5.90. The average molecular weight is 547 g/mol. The van der Waals surface area contributed by atoms with Gasteiger partial charge in [-0.2, -0.15) is 0 Å². The molecule has 4 aromatic carbocycles. The maximum Gasteiger partial charge on any atom is 0.335 e. The Kier molecular flexibility index (Phi) is 9.66. The summed E-state index contributed by atoms with van der Waals surface area (Å²) >= 11 is 0. The van der Waals surface area contributed by atoms with E-state index in [9.17, 15) is 15.0 Å². The lowest BCUT2D eigenvalue weighted by Gasteiger charge is -2.35. The third-order valence-corrected chi connectivity index (χ3v) is 6.80. The minimum atomic E-state index is -1.28. The van der Waals surface area contributed by atoms with Gasteiger partial charge in [0, 0.05) is 5.39 Å². The molecule has 1 saturated heterocycles. The van der Waals surface area contributed by atoms with E-state index in [-0.39, 0.29) is 11.3 Å². The molecule has 9 nitrogen and oxygen atoms in total. The number of quaternary nitrogens is 1. The average Bonchev–Trinajstić information content (AvgIpc) is 2.96. The lowest BCUT2D eigenvalue weighted by atomic mass is 10.1. The summed E-state index contributed by atoms with van der Waals surface area (Å²) in [7, 11) is 1.71. The highest BCUT2D eigenvalue weighted by atomic mass is 16.5. The SMILES string of the molecule is COc1ccccc1N1CC[NH+](C[C@@H](O)COc2cccc3ccccc23)CC1.O=C(O)c1ccc(O)cc1[O-]. The van der Waals surface area contributed by atoms with Crippen molar-refractivity contribution in [1.29, 1.82) is 0 Å². The summed E-state index contributed by atoms with van der Waals surface area (Å²) in [5.41, 5.74) is 0.816. The molecule has 1 atom stereocenters. The van der Waals surface area contributed by atoms with Crippen LogP contribution in [-0.2, 0) is 0 Å². The maximum atomic E-state index is 10.7. The molecule has 210 valence electrons. The summed E-state index contributed by atoms with van der Waals surface area (Å²) in [6.45, 7) is 4.89. The van der Waals surface area contributed by atoms with E-state index in [1.54, 1.807) is 7.11 Å². The molecule has 0 aromatic heterocycles. The first kappa shape index (κ1) is 28.5. The summed E-state index contributed by atoms with van der Waals surface area (Å²) < 4.78 is 11.4. The number of nitrogens with one attached hydrogen (secondary N) is 1. The summed E-state index contributed by atoms with van der Waals surface area (Å²) in [6, 6.07) is 25.4. The number of anilines is 1. The normalized spacial score (nSPS) is 14.2. The summed E-state index contributed by atoms with van der Waals surface area (Å²) in [5, 5.41) is 40.6. The number of fused-ring (bicyclic) bond motifs is 1. The number of nitrogens with zero attached hydrogens (tertiary/aromatic N) is 1. The van der Waals surface area contributed by atoms with Gasteiger partial charge in [-0.25, -0.2) is 4.79 Å². The van der Waals surface area contributed by atoms with Crippen molar-refractivity contribution in [1.82, 2.24) is 0 Å². The lowest BCUT2D eigenvalue weighted by molar-refractivity contribution is -0.903. The predicted molar refractivity (Wildman–Crippen MR) is 151 cm³/mol. The number of methoxy groups -OCH3 is 1. The molecule has 0 amide bonds. The van der Waals surface area contributed by atoms with Crippen molar-refractivity contribution in [2.24, 2.45) is 0 Å². The van der Waals surface area contributed by atoms with E-state index in [1.165, 1.54) is 4.90 Å². The van der Waals surface area contributed by atoms with E-state index in [0.29, 0.717) is 13.2 Å². The fourth-order valence-electron chi connectivity index (χ4n) is 4.75.